The number of ether oxygens (including phenoxy) is 1. The fourth-order valence-electron chi connectivity index (χ4n) is 8.94. The number of rotatable bonds is 3. The minimum atomic E-state index is -0.0739. The van der Waals surface area contributed by atoms with E-state index in [1.165, 1.54) is 55.6 Å². The van der Waals surface area contributed by atoms with Crippen LogP contribution in [0.2, 0.25) is 0 Å². The van der Waals surface area contributed by atoms with Crippen LogP contribution in [-0.2, 0) is 16.6 Å². The SMILES string of the molecule is Oc1ccc2c(c1)C13CCN(CC4CC4)C(C2)C12CCC1C3[C@@H](CN1c1ccccc1)O2. The van der Waals surface area contributed by atoms with Crippen LogP contribution in [0.15, 0.2) is 48.5 Å². The third-order valence-electron chi connectivity index (χ3n) is 10.1. The Morgan fingerprint density at radius 3 is 2.75 bits per heavy atom. The number of para-hydroxylation sites is 1. The third-order valence-corrected chi connectivity index (χ3v) is 10.1. The molecule has 3 heterocycles. The lowest BCUT2D eigenvalue weighted by Crippen LogP contribution is -2.74. The highest BCUT2D eigenvalue weighted by Crippen LogP contribution is 2.70. The number of likely N-dealkylation sites (tertiary alicyclic amines) is 1. The van der Waals surface area contributed by atoms with E-state index in [0.717, 1.165) is 25.3 Å². The molecule has 5 fully saturated rings. The quantitative estimate of drug-likeness (QED) is 0.798. The zero-order valence-corrected chi connectivity index (χ0v) is 18.6. The van der Waals surface area contributed by atoms with Gasteiger partial charge in [-0.25, -0.2) is 0 Å². The second kappa shape index (κ2) is 6.09. The number of hydrogen-bond donors (Lipinski definition) is 1. The van der Waals surface area contributed by atoms with E-state index in [0.29, 0.717) is 29.9 Å². The molecule has 3 saturated heterocycles. The largest absolute Gasteiger partial charge is 0.508 e. The Labute approximate surface area is 190 Å². The number of aromatic hydroxyl groups is 1. The normalized spacial score (nSPS) is 41.4. The molecule has 166 valence electrons. The molecule has 4 nitrogen and oxygen atoms in total. The van der Waals surface area contributed by atoms with Crippen LogP contribution in [0.25, 0.3) is 0 Å². The van der Waals surface area contributed by atoms with Crippen molar-refractivity contribution >= 4 is 5.69 Å². The Balaban J connectivity index is 1.29. The summed E-state index contributed by atoms with van der Waals surface area (Å²) >= 11 is 0. The van der Waals surface area contributed by atoms with Crippen molar-refractivity contribution in [2.24, 2.45) is 11.8 Å². The number of phenolic OH excluding ortho intramolecular Hbond substituents is 1. The lowest BCUT2D eigenvalue weighted by molar-refractivity contribution is -0.162. The van der Waals surface area contributed by atoms with Crippen molar-refractivity contribution < 1.29 is 9.84 Å². The lowest BCUT2D eigenvalue weighted by atomic mass is 9.46. The van der Waals surface area contributed by atoms with Gasteiger partial charge >= 0.3 is 0 Å². The summed E-state index contributed by atoms with van der Waals surface area (Å²) in [4.78, 5) is 5.47. The number of phenols is 1. The van der Waals surface area contributed by atoms with Gasteiger partial charge in [-0.05, 0) is 86.4 Å². The van der Waals surface area contributed by atoms with Crippen LogP contribution in [0.4, 0.5) is 5.69 Å². The molecule has 8 rings (SSSR count). The van der Waals surface area contributed by atoms with Gasteiger partial charge in [-0.2, -0.15) is 0 Å². The highest BCUT2D eigenvalue weighted by atomic mass is 16.5. The molecule has 4 bridgehead atoms. The molecule has 3 aliphatic heterocycles. The van der Waals surface area contributed by atoms with Crippen molar-refractivity contribution in [1.82, 2.24) is 4.90 Å². The van der Waals surface area contributed by atoms with Gasteiger partial charge in [0.25, 0.3) is 0 Å². The molecule has 1 N–H and O–H groups in total. The lowest BCUT2D eigenvalue weighted by Gasteiger charge is -2.65. The van der Waals surface area contributed by atoms with E-state index in [1.54, 1.807) is 0 Å². The summed E-state index contributed by atoms with van der Waals surface area (Å²) in [5.74, 6) is 1.85. The van der Waals surface area contributed by atoms with Gasteiger partial charge in [0.15, 0.2) is 0 Å². The fourth-order valence-corrected chi connectivity index (χ4v) is 8.94. The molecule has 2 saturated carbocycles. The molecule has 3 aliphatic carbocycles. The third kappa shape index (κ3) is 2.12. The molecule has 2 aromatic carbocycles. The molecule has 6 atom stereocenters. The second-order valence-corrected chi connectivity index (χ2v) is 11.4. The predicted octanol–water partition coefficient (Wildman–Crippen LogP) is 4.11. The average Bonchev–Trinajstić information content (AvgIpc) is 3.50. The zero-order valence-electron chi connectivity index (χ0n) is 18.6. The summed E-state index contributed by atoms with van der Waals surface area (Å²) in [5, 5.41) is 10.6. The molecular formula is C28H32N2O2. The van der Waals surface area contributed by atoms with Crippen molar-refractivity contribution in [2.75, 3.05) is 24.5 Å². The zero-order chi connectivity index (χ0) is 21.1. The first-order valence-electron chi connectivity index (χ1n) is 12.8. The van der Waals surface area contributed by atoms with Gasteiger partial charge in [0.05, 0.1) is 11.7 Å². The smallest absolute Gasteiger partial charge is 0.115 e. The molecule has 5 unspecified atom stereocenters. The maximum Gasteiger partial charge on any atom is 0.115 e. The topological polar surface area (TPSA) is 35.9 Å². The maximum atomic E-state index is 10.6. The van der Waals surface area contributed by atoms with Crippen LogP contribution >= 0.6 is 0 Å². The predicted molar refractivity (Wildman–Crippen MR) is 124 cm³/mol. The van der Waals surface area contributed by atoms with Crippen molar-refractivity contribution in [3.05, 3.63) is 59.7 Å². The van der Waals surface area contributed by atoms with Crippen LogP contribution in [0, 0.1) is 11.8 Å². The second-order valence-electron chi connectivity index (χ2n) is 11.4. The summed E-state index contributed by atoms with van der Waals surface area (Å²) in [6.07, 6.45) is 7.73. The maximum absolute atomic E-state index is 10.6. The molecule has 0 radical (unpaired) electrons. The Bertz CT molecular complexity index is 1080. The van der Waals surface area contributed by atoms with E-state index in [4.69, 9.17) is 4.74 Å². The first-order valence-corrected chi connectivity index (χ1v) is 12.8. The number of nitrogens with zero attached hydrogens (tertiary/aromatic N) is 2. The minimum Gasteiger partial charge on any atom is -0.508 e. The standard InChI is InChI=1S/C28H32N2O2/c31-21-9-8-19-14-25-28-11-10-23-26(24(32-28)17-30(23)20-4-2-1-3-5-20)27(28,22(19)15-21)12-13-29(25)16-18-6-7-18/h1-5,8-9,15,18,23-26,31H,6-7,10-14,16-17H2/t23?,24-,25?,26?,27?,28?/m1/s1. The van der Waals surface area contributed by atoms with E-state index >= 15 is 0 Å². The van der Waals surface area contributed by atoms with Crippen LogP contribution in [0.3, 0.4) is 0 Å². The van der Waals surface area contributed by atoms with Crippen molar-refractivity contribution in [2.45, 2.75) is 67.7 Å². The van der Waals surface area contributed by atoms with Gasteiger partial charge in [-0.1, -0.05) is 24.3 Å². The van der Waals surface area contributed by atoms with E-state index in [2.05, 4.69) is 52.3 Å². The van der Waals surface area contributed by atoms with Crippen molar-refractivity contribution in [1.29, 1.82) is 0 Å². The van der Waals surface area contributed by atoms with Gasteiger partial charge < -0.3 is 14.7 Å². The van der Waals surface area contributed by atoms with E-state index in [-0.39, 0.29) is 11.0 Å². The number of fused-ring (bicyclic) bond motifs is 1. The first kappa shape index (κ1) is 18.4. The molecule has 6 aliphatic rings. The van der Waals surface area contributed by atoms with E-state index in [9.17, 15) is 5.11 Å². The molecular weight excluding hydrogens is 396 g/mol. The van der Waals surface area contributed by atoms with Gasteiger partial charge in [0.2, 0.25) is 0 Å². The summed E-state index contributed by atoms with van der Waals surface area (Å²) in [6.45, 7) is 3.45. The van der Waals surface area contributed by atoms with Crippen LogP contribution < -0.4 is 4.90 Å². The van der Waals surface area contributed by atoms with Crippen LogP contribution in [0.5, 0.6) is 5.75 Å². The highest BCUT2D eigenvalue weighted by Gasteiger charge is 2.77. The monoisotopic (exact) mass is 428 g/mol. The fraction of sp³-hybridized carbons (Fsp3) is 0.571. The molecule has 32 heavy (non-hydrogen) atoms. The summed E-state index contributed by atoms with van der Waals surface area (Å²) < 4.78 is 7.34. The summed E-state index contributed by atoms with van der Waals surface area (Å²) in [7, 11) is 0. The van der Waals surface area contributed by atoms with Gasteiger partial charge in [0, 0.05) is 42.2 Å². The first-order chi connectivity index (χ1) is 15.7. The van der Waals surface area contributed by atoms with Crippen molar-refractivity contribution in [3.63, 3.8) is 0 Å². The Kier molecular flexibility index (Phi) is 3.50. The Hall–Kier alpha value is -2.04. The van der Waals surface area contributed by atoms with E-state index < -0.39 is 0 Å². The number of hydrogen-bond acceptors (Lipinski definition) is 4. The molecule has 4 heteroatoms. The van der Waals surface area contributed by atoms with Gasteiger partial charge in [0.1, 0.15) is 5.75 Å². The minimum absolute atomic E-state index is 0.0428. The highest BCUT2D eigenvalue weighted by molar-refractivity contribution is 5.56. The Morgan fingerprint density at radius 2 is 1.91 bits per heavy atom. The van der Waals surface area contributed by atoms with Gasteiger partial charge in [-0.15, -0.1) is 0 Å². The molecule has 0 spiro atoms. The molecule has 0 aromatic heterocycles. The summed E-state index contributed by atoms with van der Waals surface area (Å²) in [6, 6.07) is 18.2. The molecule has 2 aromatic rings. The number of anilines is 1. The Morgan fingerprint density at radius 1 is 1.03 bits per heavy atom. The van der Waals surface area contributed by atoms with E-state index in [1.807, 2.05) is 6.07 Å². The van der Waals surface area contributed by atoms with Crippen LogP contribution in [0.1, 0.15) is 43.2 Å². The van der Waals surface area contributed by atoms with Crippen molar-refractivity contribution in [3.8, 4) is 5.75 Å². The average molecular weight is 429 g/mol. The summed E-state index contributed by atoms with van der Waals surface area (Å²) in [5.41, 5.74) is 4.20. The number of piperidine rings is 1. The van der Waals surface area contributed by atoms with Gasteiger partial charge in [-0.3, -0.25) is 4.90 Å². The van der Waals surface area contributed by atoms with Crippen LogP contribution in [-0.4, -0.2) is 53.4 Å². The molecule has 0 amide bonds. The number of benzene rings is 2.